The first-order valence-corrected chi connectivity index (χ1v) is 11.6. The molecular formula is C10H26N2Si2. The molecule has 1 heterocycles. The maximum Gasteiger partial charge on any atom is 0.119 e. The first-order chi connectivity index (χ1) is 6.25. The third-order valence-electron chi connectivity index (χ3n) is 2.83. The summed E-state index contributed by atoms with van der Waals surface area (Å²) in [6, 6.07) is 1.34. The Morgan fingerprint density at radius 3 is 1.29 bits per heavy atom. The number of hydrogen-bond donors (Lipinski definition) is 2. The minimum absolute atomic E-state index is 0.671. The van der Waals surface area contributed by atoms with Crippen molar-refractivity contribution in [3.8, 4) is 0 Å². The van der Waals surface area contributed by atoms with E-state index in [1.54, 1.807) is 0 Å². The lowest BCUT2D eigenvalue weighted by molar-refractivity contribution is 0.701. The highest BCUT2D eigenvalue weighted by Crippen LogP contribution is 2.36. The average Bonchev–Trinajstić information content (AvgIpc) is 1.76. The Morgan fingerprint density at radius 2 is 1.07 bits per heavy atom. The van der Waals surface area contributed by atoms with Crippen LogP contribution >= 0.6 is 0 Å². The molecule has 1 rings (SSSR count). The van der Waals surface area contributed by atoms with Crippen LogP contribution in [0, 0.1) is 0 Å². The summed E-state index contributed by atoms with van der Waals surface area (Å²) in [6.07, 6.45) is 0. The van der Waals surface area contributed by atoms with E-state index >= 15 is 0 Å². The van der Waals surface area contributed by atoms with Crippen LogP contribution in [0.5, 0.6) is 0 Å². The quantitative estimate of drug-likeness (QED) is 0.724. The van der Waals surface area contributed by atoms with E-state index in [9.17, 15) is 0 Å². The Kier molecular flexibility index (Phi) is 3.62. The third kappa shape index (κ3) is 3.19. The fourth-order valence-electron chi connectivity index (χ4n) is 3.27. The van der Waals surface area contributed by atoms with Crippen molar-refractivity contribution in [1.82, 2.24) is 9.96 Å². The first kappa shape index (κ1) is 12.4. The predicted molar refractivity (Wildman–Crippen MR) is 69.4 cm³/mol. The molecule has 0 amide bonds. The molecule has 1 saturated heterocycles. The van der Waals surface area contributed by atoms with Crippen LogP contribution in [-0.4, -0.2) is 28.6 Å². The van der Waals surface area contributed by atoms with Gasteiger partial charge in [0.15, 0.2) is 0 Å². The van der Waals surface area contributed by atoms with Gasteiger partial charge in [-0.3, -0.25) is 0 Å². The van der Waals surface area contributed by atoms with E-state index in [0.717, 1.165) is 0 Å². The van der Waals surface area contributed by atoms with Crippen LogP contribution in [0.15, 0.2) is 0 Å². The van der Waals surface area contributed by atoms with E-state index in [1.807, 2.05) is 0 Å². The molecule has 1 aliphatic heterocycles. The molecule has 4 heteroatoms. The van der Waals surface area contributed by atoms with Gasteiger partial charge in [0.1, 0.15) is 16.5 Å². The molecule has 1 fully saturated rings. The van der Waals surface area contributed by atoms with Gasteiger partial charge in [-0.25, -0.2) is 0 Å². The second kappa shape index (κ2) is 4.08. The van der Waals surface area contributed by atoms with Crippen molar-refractivity contribution in [2.75, 3.05) is 0 Å². The summed E-state index contributed by atoms with van der Waals surface area (Å²) >= 11 is 0. The molecular weight excluding hydrogens is 204 g/mol. The van der Waals surface area contributed by atoms with Gasteiger partial charge >= 0.3 is 0 Å². The van der Waals surface area contributed by atoms with Gasteiger partial charge in [0.25, 0.3) is 0 Å². The van der Waals surface area contributed by atoms with Crippen molar-refractivity contribution in [3.63, 3.8) is 0 Å². The molecule has 0 aliphatic carbocycles. The van der Waals surface area contributed by atoms with E-state index in [0.29, 0.717) is 12.1 Å². The minimum Gasteiger partial charge on any atom is -0.335 e. The van der Waals surface area contributed by atoms with Crippen LogP contribution in [0.3, 0.4) is 0 Å². The molecule has 1 aliphatic rings. The smallest absolute Gasteiger partial charge is 0.119 e. The molecule has 0 unspecified atom stereocenters. The van der Waals surface area contributed by atoms with Crippen LogP contribution in [0.2, 0.25) is 24.4 Å². The SMILES string of the molecule is CC(C)N[Si]1(C)C[Si](C)(NC(C)C)C1. The zero-order valence-corrected chi connectivity index (χ0v) is 12.6. The van der Waals surface area contributed by atoms with Crippen LogP contribution < -0.4 is 9.96 Å². The van der Waals surface area contributed by atoms with E-state index in [1.165, 1.54) is 11.3 Å². The lowest BCUT2D eigenvalue weighted by Gasteiger charge is -2.52. The number of rotatable bonds is 4. The van der Waals surface area contributed by atoms with Crippen molar-refractivity contribution in [1.29, 1.82) is 0 Å². The van der Waals surface area contributed by atoms with Crippen molar-refractivity contribution < 1.29 is 0 Å². The second-order valence-corrected chi connectivity index (χ2v) is 15.7. The molecule has 0 aromatic carbocycles. The summed E-state index contributed by atoms with van der Waals surface area (Å²) in [5.41, 5.74) is 3.02. The predicted octanol–water partition coefficient (Wildman–Crippen LogP) is 2.22. The van der Waals surface area contributed by atoms with E-state index in [4.69, 9.17) is 0 Å². The standard InChI is InChI=1S/C10H26N2Si2/c1-9(2)11-13(5)7-14(6,8-13)12-10(3)4/h9-12H,7-8H2,1-6H3. The highest BCUT2D eigenvalue weighted by molar-refractivity contribution is 7.10. The zero-order valence-electron chi connectivity index (χ0n) is 10.6. The van der Waals surface area contributed by atoms with Crippen molar-refractivity contribution in [3.05, 3.63) is 0 Å². The van der Waals surface area contributed by atoms with Gasteiger partial charge in [-0.2, -0.15) is 0 Å². The summed E-state index contributed by atoms with van der Waals surface area (Å²) in [6.45, 7) is 14.1. The molecule has 2 nitrogen and oxygen atoms in total. The van der Waals surface area contributed by atoms with E-state index < -0.39 is 16.5 Å². The van der Waals surface area contributed by atoms with Crippen LogP contribution in [0.25, 0.3) is 0 Å². The molecule has 0 aromatic rings. The Hall–Kier alpha value is 0.354. The lowest BCUT2D eigenvalue weighted by atomic mass is 10.4. The van der Waals surface area contributed by atoms with Crippen LogP contribution in [-0.2, 0) is 0 Å². The van der Waals surface area contributed by atoms with E-state index in [-0.39, 0.29) is 0 Å². The summed E-state index contributed by atoms with van der Waals surface area (Å²) in [7, 11) is -2.03. The van der Waals surface area contributed by atoms with Gasteiger partial charge in [0, 0.05) is 0 Å². The largest absolute Gasteiger partial charge is 0.335 e. The fourth-order valence-corrected chi connectivity index (χ4v) is 21.1. The molecule has 0 radical (unpaired) electrons. The molecule has 2 N–H and O–H groups in total. The molecule has 0 bridgehead atoms. The zero-order chi connectivity index (χ0) is 11.0. The van der Waals surface area contributed by atoms with Gasteiger partial charge in [0.2, 0.25) is 0 Å². The maximum atomic E-state index is 3.82. The Labute approximate surface area is 91.0 Å². The van der Waals surface area contributed by atoms with Crippen LogP contribution in [0.4, 0.5) is 0 Å². The monoisotopic (exact) mass is 230 g/mol. The Morgan fingerprint density at radius 1 is 0.786 bits per heavy atom. The van der Waals surface area contributed by atoms with Gasteiger partial charge < -0.3 is 9.96 Å². The van der Waals surface area contributed by atoms with Crippen molar-refractivity contribution in [2.24, 2.45) is 0 Å². The molecule has 0 atom stereocenters. The number of hydrogen-bond acceptors (Lipinski definition) is 2. The molecule has 0 saturated carbocycles. The highest BCUT2D eigenvalue weighted by atomic mass is 28.5. The highest BCUT2D eigenvalue weighted by Gasteiger charge is 2.52. The average molecular weight is 231 g/mol. The van der Waals surface area contributed by atoms with E-state index in [2.05, 4.69) is 50.8 Å². The Bertz CT molecular complexity index is 178. The third-order valence-corrected chi connectivity index (χ3v) is 17.9. The maximum absolute atomic E-state index is 3.82. The van der Waals surface area contributed by atoms with Crippen LogP contribution in [0.1, 0.15) is 27.7 Å². The summed E-state index contributed by atoms with van der Waals surface area (Å²) in [5.74, 6) is 0. The summed E-state index contributed by atoms with van der Waals surface area (Å²) in [5, 5.41) is 0. The van der Waals surface area contributed by atoms with Gasteiger partial charge in [-0.15, -0.1) is 0 Å². The number of nitrogens with one attached hydrogen (secondary N) is 2. The van der Waals surface area contributed by atoms with Gasteiger partial charge in [0.05, 0.1) is 0 Å². The fraction of sp³-hybridized carbons (Fsp3) is 1.00. The minimum atomic E-state index is -1.01. The molecule has 14 heavy (non-hydrogen) atoms. The molecule has 84 valence electrons. The lowest BCUT2D eigenvalue weighted by Crippen LogP contribution is -2.74. The van der Waals surface area contributed by atoms with Gasteiger partial charge in [-0.1, -0.05) is 40.8 Å². The first-order valence-electron chi connectivity index (χ1n) is 5.80. The topological polar surface area (TPSA) is 24.1 Å². The Balaban J connectivity index is 2.40. The summed E-state index contributed by atoms with van der Waals surface area (Å²) < 4.78 is 0. The second-order valence-electron chi connectivity index (χ2n) is 6.07. The molecule has 0 aromatic heterocycles. The normalized spacial score (nSPS) is 37.7. The van der Waals surface area contributed by atoms with Gasteiger partial charge in [-0.05, 0) is 23.4 Å². The summed E-state index contributed by atoms with van der Waals surface area (Å²) in [4.78, 5) is 7.64. The van der Waals surface area contributed by atoms with Crippen molar-refractivity contribution in [2.45, 2.75) is 64.2 Å². The van der Waals surface area contributed by atoms with Crippen molar-refractivity contribution >= 4 is 16.5 Å². The molecule has 0 spiro atoms.